The number of hydrogen-bond acceptors (Lipinski definition) is 5. The summed E-state index contributed by atoms with van der Waals surface area (Å²) in [5.74, 6) is -0.381. The number of nitro benzene ring substituents is 1. The highest BCUT2D eigenvalue weighted by atomic mass is 35.5. The van der Waals surface area contributed by atoms with Crippen LogP contribution < -0.4 is 4.74 Å². The number of rotatable bonds is 5. The van der Waals surface area contributed by atoms with E-state index in [9.17, 15) is 19.7 Å². The number of esters is 1. The molecule has 1 amide bonds. The highest BCUT2D eigenvalue weighted by molar-refractivity contribution is 6.32. The first-order valence-electron chi connectivity index (χ1n) is 7.97. The molecule has 0 saturated carbocycles. The van der Waals surface area contributed by atoms with Gasteiger partial charge < -0.3 is 9.64 Å². The van der Waals surface area contributed by atoms with E-state index in [0.29, 0.717) is 18.5 Å². The Kier molecular flexibility index (Phi) is 5.18. The van der Waals surface area contributed by atoms with Crippen LogP contribution in [0, 0.1) is 10.1 Å². The number of nitrogens with zero attached hydrogens (tertiary/aromatic N) is 2. The summed E-state index contributed by atoms with van der Waals surface area (Å²) >= 11 is 5.82. The largest absolute Gasteiger partial charge is 0.423 e. The highest BCUT2D eigenvalue weighted by Crippen LogP contribution is 2.28. The van der Waals surface area contributed by atoms with Gasteiger partial charge in [0.15, 0.2) is 0 Å². The molecule has 134 valence electrons. The first-order chi connectivity index (χ1) is 12.4. The molecule has 0 bridgehead atoms. The molecule has 2 aromatic carbocycles. The summed E-state index contributed by atoms with van der Waals surface area (Å²) < 4.78 is 5.24. The molecule has 0 N–H and O–H groups in total. The van der Waals surface area contributed by atoms with Crippen molar-refractivity contribution in [2.75, 3.05) is 6.54 Å². The average molecular weight is 375 g/mol. The van der Waals surface area contributed by atoms with Crippen molar-refractivity contribution in [3.63, 3.8) is 0 Å². The third kappa shape index (κ3) is 4.00. The van der Waals surface area contributed by atoms with Gasteiger partial charge in [0.1, 0.15) is 10.8 Å². The Labute approximate surface area is 154 Å². The van der Waals surface area contributed by atoms with Crippen LogP contribution in [0.15, 0.2) is 42.5 Å². The fraction of sp³-hybridized carbons (Fsp3) is 0.222. The predicted molar refractivity (Wildman–Crippen MR) is 94.2 cm³/mol. The van der Waals surface area contributed by atoms with Gasteiger partial charge in [-0.1, -0.05) is 23.7 Å². The summed E-state index contributed by atoms with van der Waals surface area (Å²) in [5, 5.41) is 10.7. The summed E-state index contributed by atoms with van der Waals surface area (Å²) in [5.41, 5.74) is 0.892. The molecule has 1 saturated heterocycles. The van der Waals surface area contributed by atoms with Crippen molar-refractivity contribution in [3.8, 4) is 5.75 Å². The highest BCUT2D eigenvalue weighted by Gasteiger charge is 2.20. The lowest BCUT2D eigenvalue weighted by molar-refractivity contribution is -0.384. The molecule has 0 radical (unpaired) electrons. The second kappa shape index (κ2) is 7.53. The molecule has 0 aromatic heterocycles. The van der Waals surface area contributed by atoms with Gasteiger partial charge in [0.2, 0.25) is 5.91 Å². The molecule has 1 aliphatic heterocycles. The number of benzene rings is 2. The van der Waals surface area contributed by atoms with Gasteiger partial charge in [-0.25, -0.2) is 4.79 Å². The minimum atomic E-state index is -0.614. The van der Waals surface area contributed by atoms with Gasteiger partial charge in [0.05, 0.1) is 10.5 Å². The van der Waals surface area contributed by atoms with Crippen LogP contribution in [0.2, 0.25) is 5.02 Å². The van der Waals surface area contributed by atoms with Crippen LogP contribution in [0.3, 0.4) is 0 Å². The fourth-order valence-electron chi connectivity index (χ4n) is 2.75. The van der Waals surface area contributed by atoms with Crippen molar-refractivity contribution in [1.82, 2.24) is 4.90 Å². The van der Waals surface area contributed by atoms with E-state index in [2.05, 4.69) is 0 Å². The number of likely N-dealkylation sites (tertiary alicyclic amines) is 1. The first kappa shape index (κ1) is 17.9. The smallest absolute Gasteiger partial charge is 0.343 e. The van der Waals surface area contributed by atoms with Crippen molar-refractivity contribution in [1.29, 1.82) is 0 Å². The molecule has 0 aliphatic carbocycles. The number of nitro groups is 1. The molecule has 7 nitrogen and oxygen atoms in total. The molecule has 26 heavy (non-hydrogen) atoms. The predicted octanol–water partition coefficient (Wildman–Crippen LogP) is 3.59. The third-order valence-electron chi connectivity index (χ3n) is 4.03. The number of carbonyl (C=O) groups excluding carboxylic acids is 2. The van der Waals surface area contributed by atoms with Crippen LogP contribution in [0.5, 0.6) is 5.75 Å². The normalized spacial score (nSPS) is 13.7. The minimum absolute atomic E-state index is 0.110. The van der Waals surface area contributed by atoms with Crippen LogP contribution in [0.25, 0.3) is 0 Å². The van der Waals surface area contributed by atoms with Crippen molar-refractivity contribution in [2.45, 2.75) is 19.4 Å². The summed E-state index contributed by atoms with van der Waals surface area (Å²) in [4.78, 5) is 35.9. The molecule has 8 heteroatoms. The molecule has 0 atom stereocenters. The van der Waals surface area contributed by atoms with Crippen LogP contribution in [0.1, 0.15) is 28.8 Å². The Balaban J connectivity index is 1.72. The zero-order chi connectivity index (χ0) is 18.7. The maximum Gasteiger partial charge on any atom is 0.343 e. The van der Waals surface area contributed by atoms with E-state index in [4.69, 9.17) is 16.3 Å². The van der Waals surface area contributed by atoms with Crippen molar-refractivity contribution in [3.05, 3.63) is 68.7 Å². The SMILES string of the molecule is O=C(Oc1ccc([N+](=O)[O-])c(Cl)c1)c1cccc(CN2CCCC2=O)c1. The van der Waals surface area contributed by atoms with E-state index in [1.54, 1.807) is 23.1 Å². The Hall–Kier alpha value is -2.93. The lowest BCUT2D eigenvalue weighted by Crippen LogP contribution is -2.24. The zero-order valence-electron chi connectivity index (χ0n) is 13.7. The third-order valence-corrected chi connectivity index (χ3v) is 4.34. The second-order valence-corrected chi connectivity index (χ2v) is 6.29. The monoisotopic (exact) mass is 374 g/mol. The zero-order valence-corrected chi connectivity index (χ0v) is 14.4. The summed E-state index contributed by atoms with van der Waals surface area (Å²) in [6.07, 6.45) is 1.41. The van der Waals surface area contributed by atoms with Gasteiger partial charge in [0, 0.05) is 31.6 Å². The Morgan fingerprint density at radius 3 is 2.73 bits per heavy atom. The van der Waals surface area contributed by atoms with Crippen LogP contribution in [0.4, 0.5) is 5.69 Å². The average Bonchev–Trinajstić information content (AvgIpc) is 2.99. The van der Waals surface area contributed by atoms with Crippen molar-refractivity contribution >= 4 is 29.2 Å². The number of carbonyl (C=O) groups is 2. The standard InChI is InChI=1S/C18H15ClN2O5/c19-15-10-14(6-7-16(15)21(24)25)26-18(23)13-4-1-3-12(9-13)11-20-8-2-5-17(20)22/h1,3-4,6-7,9-10H,2,5,8,11H2. The fourth-order valence-corrected chi connectivity index (χ4v) is 2.99. The van der Waals surface area contributed by atoms with Gasteiger partial charge in [-0.2, -0.15) is 0 Å². The molecule has 1 aliphatic rings. The van der Waals surface area contributed by atoms with Gasteiger partial charge >= 0.3 is 5.97 Å². The lowest BCUT2D eigenvalue weighted by atomic mass is 10.1. The summed E-state index contributed by atoms with van der Waals surface area (Å²) in [6.45, 7) is 1.16. The minimum Gasteiger partial charge on any atom is -0.423 e. The number of ether oxygens (including phenoxy) is 1. The molecule has 1 heterocycles. The van der Waals surface area contributed by atoms with Crippen molar-refractivity contribution in [2.24, 2.45) is 0 Å². The van der Waals surface area contributed by atoms with E-state index in [-0.39, 0.29) is 22.4 Å². The Morgan fingerprint density at radius 1 is 1.27 bits per heavy atom. The molecule has 3 rings (SSSR count). The number of halogens is 1. The molecular formula is C18H15ClN2O5. The van der Waals surface area contributed by atoms with Gasteiger partial charge in [-0.05, 0) is 30.2 Å². The van der Waals surface area contributed by atoms with Gasteiger partial charge in [-0.3, -0.25) is 14.9 Å². The molecule has 2 aromatic rings. The van der Waals surface area contributed by atoms with E-state index in [1.807, 2.05) is 6.07 Å². The van der Waals surface area contributed by atoms with E-state index in [0.717, 1.165) is 18.5 Å². The topological polar surface area (TPSA) is 89.8 Å². The molecule has 0 unspecified atom stereocenters. The Bertz CT molecular complexity index is 884. The summed E-state index contributed by atoms with van der Waals surface area (Å²) in [7, 11) is 0. The molecular weight excluding hydrogens is 360 g/mol. The van der Waals surface area contributed by atoms with Crippen LogP contribution >= 0.6 is 11.6 Å². The number of hydrogen-bond donors (Lipinski definition) is 0. The lowest BCUT2D eigenvalue weighted by Gasteiger charge is -2.15. The Morgan fingerprint density at radius 2 is 2.08 bits per heavy atom. The van der Waals surface area contributed by atoms with Crippen molar-refractivity contribution < 1.29 is 19.2 Å². The van der Waals surface area contributed by atoms with Crippen LogP contribution in [-0.4, -0.2) is 28.2 Å². The number of amides is 1. The molecule has 1 fully saturated rings. The maximum atomic E-state index is 12.3. The first-order valence-corrected chi connectivity index (χ1v) is 8.34. The van der Waals surface area contributed by atoms with E-state index < -0.39 is 10.9 Å². The molecule has 0 spiro atoms. The second-order valence-electron chi connectivity index (χ2n) is 5.88. The summed E-state index contributed by atoms with van der Waals surface area (Å²) in [6, 6.07) is 10.5. The van der Waals surface area contributed by atoms with E-state index in [1.165, 1.54) is 18.2 Å². The van der Waals surface area contributed by atoms with E-state index >= 15 is 0 Å². The van der Waals surface area contributed by atoms with Gasteiger partial charge in [-0.15, -0.1) is 0 Å². The maximum absolute atomic E-state index is 12.3. The van der Waals surface area contributed by atoms with Gasteiger partial charge in [0.25, 0.3) is 5.69 Å². The quantitative estimate of drug-likeness (QED) is 0.345. The van der Waals surface area contributed by atoms with Crippen LogP contribution in [-0.2, 0) is 11.3 Å².